The van der Waals surface area contributed by atoms with Gasteiger partial charge in [-0.1, -0.05) is 45.0 Å². The summed E-state index contributed by atoms with van der Waals surface area (Å²) >= 11 is 4.11. The molecule has 1 fully saturated rings. The Bertz CT molecular complexity index is 456. The molecule has 0 aliphatic carbocycles. The maximum atomic E-state index is 3.34. The van der Waals surface area contributed by atoms with Crippen LogP contribution in [0.1, 0.15) is 36.5 Å². The highest BCUT2D eigenvalue weighted by Gasteiger charge is 2.19. The van der Waals surface area contributed by atoms with Crippen molar-refractivity contribution in [3.05, 3.63) is 47.2 Å². The summed E-state index contributed by atoms with van der Waals surface area (Å²) in [6, 6.07) is 8.69. The van der Waals surface area contributed by atoms with E-state index in [1.54, 1.807) is 0 Å². The molecule has 1 aromatic carbocycles. The van der Waals surface area contributed by atoms with Crippen molar-refractivity contribution in [2.45, 2.75) is 25.4 Å². The summed E-state index contributed by atoms with van der Waals surface area (Å²) < 4.78 is 0.605. The van der Waals surface area contributed by atoms with Crippen LogP contribution in [0.2, 0.25) is 0 Å². The van der Waals surface area contributed by atoms with E-state index in [-0.39, 0.29) is 5.41 Å². The van der Waals surface area contributed by atoms with E-state index in [0.29, 0.717) is 4.58 Å². The van der Waals surface area contributed by atoms with Gasteiger partial charge < -0.3 is 0 Å². The highest BCUT2D eigenvalue weighted by atomic mass is 32.2. The molecule has 2 rings (SSSR count). The fraction of sp³-hybridized carbons (Fsp3) is 0.438. The molecule has 0 spiro atoms. The Morgan fingerprint density at radius 1 is 1.17 bits per heavy atom. The molecule has 0 bridgehead atoms. The van der Waals surface area contributed by atoms with Crippen LogP contribution in [-0.4, -0.2) is 11.5 Å². The number of hydrogen-bond donors (Lipinski definition) is 0. The van der Waals surface area contributed by atoms with E-state index in [1.165, 1.54) is 22.6 Å². The van der Waals surface area contributed by atoms with E-state index in [1.807, 2.05) is 0 Å². The molecule has 1 aromatic rings. The summed E-state index contributed by atoms with van der Waals surface area (Å²) in [5.41, 5.74) is 6.29. The predicted molar refractivity (Wildman–Crippen MR) is 86.1 cm³/mol. The molecular formula is C16H20S2. The second kappa shape index (κ2) is 6.06. The monoisotopic (exact) mass is 276 g/mol. The van der Waals surface area contributed by atoms with E-state index >= 15 is 0 Å². The van der Waals surface area contributed by atoms with Crippen molar-refractivity contribution in [3.8, 4) is 0 Å². The van der Waals surface area contributed by atoms with Crippen LogP contribution in [0.15, 0.2) is 36.1 Å². The molecule has 1 aliphatic heterocycles. The molecule has 0 radical (unpaired) electrons. The standard InChI is InChI=1S/C16H20S2/c1-16(2,3)10-6-8-13-7-4-5-9-14(13)15-17-11-12-18-15/h4-5,7-10,15H,11-12H2,1-3H3. The second-order valence-electron chi connectivity index (χ2n) is 5.52. The Morgan fingerprint density at radius 2 is 1.83 bits per heavy atom. The molecule has 0 unspecified atom stereocenters. The predicted octanol–water partition coefficient (Wildman–Crippen LogP) is 5.38. The zero-order chi connectivity index (χ0) is 13.0. The fourth-order valence-corrected chi connectivity index (χ4v) is 4.73. The molecule has 96 valence electrons. The van der Waals surface area contributed by atoms with Crippen LogP contribution in [0.5, 0.6) is 0 Å². The third-order valence-corrected chi connectivity index (χ3v) is 5.69. The molecule has 2 heteroatoms. The van der Waals surface area contributed by atoms with Gasteiger partial charge in [0.2, 0.25) is 0 Å². The van der Waals surface area contributed by atoms with Crippen LogP contribution >= 0.6 is 23.5 Å². The molecule has 0 saturated carbocycles. The average molecular weight is 276 g/mol. The summed E-state index contributed by atoms with van der Waals surface area (Å²) in [5, 5.41) is 0. The number of benzene rings is 1. The van der Waals surface area contributed by atoms with Crippen molar-refractivity contribution in [1.82, 2.24) is 0 Å². The minimum absolute atomic E-state index is 0.197. The van der Waals surface area contributed by atoms with E-state index in [9.17, 15) is 0 Å². The highest BCUT2D eigenvalue weighted by Crippen LogP contribution is 2.46. The lowest BCUT2D eigenvalue weighted by Gasteiger charge is -2.11. The van der Waals surface area contributed by atoms with Crippen molar-refractivity contribution in [3.63, 3.8) is 0 Å². The summed E-state index contributed by atoms with van der Waals surface area (Å²) in [6.07, 6.45) is 4.26. The Balaban J connectivity index is 2.25. The molecule has 0 aromatic heterocycles. The van der Waals surface area contributed by atoms with E-state index < -0.39 is 0 Å². The van der Waals surface area contributed by atoms with Crippen molar-refractivity contribution in [2.75, 3.05) is 11.5 Å². The van der Waals surface area contributed by atoms with Crippen LogP contribution in [0, 0.1) is 5.41 Å². The summed E-state index contributed by atoms with van der Waals surface area (Å²) in [6.45, 7) is 6.59. The van der Waals surface area contributed by atoms with Gasteiger partial charge in [0.15, 0.2) is 0 Å². The van der Waals surface area contributed by atoms with Gasteiger partial charge in [0.05, 0.1) is 4.58 Å². The summed E-state index contributed by atoms with van der Waals surface area (Å²) in [5.74, 6) is 2.54. The van der Waals surface area contributed by atoms with Gasteiger partial charge in [-0.25, -0.2) is 0 Å². The molecule has 0 amide bonds. The normalized spacial score (nSPS) is 16.4. The first kappa shape index (κ1) is 13.9. The molecule has 18 heavy (non-hydrogen) atoms. The van der Waals surface area contributed by atoms with Crippen LogP contribution in [0.3, 0.4) is 0 Å². The number of allylic oxidation sites excluding steroid dienone is 1. The van der Waals surface area contributed by atoms with Crippen LogP contribution < -0.4 is 0 Å². The van der Waals surface area contributed by atoms with Gasteiger partial charge in [-0.2, -0.15) is 0 Å². The van der Waals surface area contributed by atoms with Crippen molar-refractivity contribution in [1.29, 1.82) is 0 Å². The third-order valence-electron chi connectivity index (χ3n) is 2.63. The maximum Gasteiger partial charge on any atom is 0.0757 e. The van der Waals surface area contributed by atoms with Gasteiger partial charge in [0.25, 0.3) is 0 Å². The smallest absolute Gasteiger partial charge is 0.0757 e. The van der Waals surface area contributed by atoms with Gasteiger partial charge in [-0.15, -0.1) is 29.3 Å². The minimum Gasteiger partial charge on any atom is -0.142 e. The minimum atomic E-state index is 0.197. The fourth-order valence-electron chi connectivity index (χ4n) is 1.78. The lowest BCUT2D eigenvalue weighted by Crippen LogP contribution is -1.97. The lowest BCUT2D eigenvalue weighted by molar-refractivity contribution is 0.545. The van der Waals surface area contributed by atoms with Gasteiger partial charge in [-0.05, 0) is 28.7 Å². The first-order valence-electron chi connectivity index (χ1n) is 6.32. The molecule has 1 heterocycles. The third kappa shape index (κ3) is 3.98. The topological polar surface area (TPSA) is 0 Å². The number of thioether (sulfide) groups is 2. The van der Waals surface area contributed by atoms with E-state index in [4.69, 9.17) is 0 Å². The van der Waals surface area contributed by atoms with Gasteiger partial charge >= 0.3 is 0 Å². The molecule has 1 saturated heterocycles. The number of rotatable bonds is 2. The largest absolute Gasteiger partial charge is 0.142 e. The first-order valence-corrected chi connectivity index (χ1v) is 8.42. The Labute approximate surface area is 119 Å². The van der Waals surface area contributed by atoms with Crippen molar-refractivity contribution in [2.24, 2.45) is 5.41 Å². The molecule has 0 atom stereocenters. The van der Waals surface area contributed by atoms with Gasteiger partial charge in [-0.3, -0.25) is 0 Å². The van der Waals surface area contributed by atoms with Gasteiger partial charge in [0.1, 0.15) is 0 Å². The lowest BCUT2D eigenvalue weighted by atomic mass is 9.97. The SMILES string of the molecule is CC(C)(C)C=C=Cc1ccccc1C1SCCS1. The zero-order valence-electron chi connectivity index (χ0n) is 11.3. The Morgan fingerprint density at radius 3 is 2.50 bits per heavy atom. The van der Waals surface area contributed by atoms with Crippen LogP contribution in [-0.2, 0) is 0 Å². The first-order chi connectivity index (χ1) is 8.56. The summed E-state index contributed by atoms with van der Waals surface area (Å²) in [7, 11) is 0. The second-order valence-corrected chi connectivity index (χ2v) is 8.25. The number of hydrogen-bond acceptors (Lipinski definition) is 2. The van der Waals surface area contributed by atoms with Crippen LogP contribution in [0.4, 0.5) is 0 Å². The molecule has 0 N–H and O–H groups in total. The van der Waals surface area contributed by atoms with Crippen molar-refractivity contribution >= 4 is 29.6 Å². The van der Waals surface area contributed by atoms with E-state index in [0.717, 1.165) is 0 Å². The van der Waals surface area contributed by atoms with Crippen molar-refractivity contribution < 1.29 is 0 Å². The zero-order valence-corrected chi connectivity index (χ0v) is 12.9. The average Bonchev–Trinajstić information content (AvgIpc) is 2.81. The van der Waals surface area contributed by atoms with Gasteiger partial charge in [0, 0.05) is 11.5 Å². The maximum absolute atomic E-state index is 3.34. The Kier molecular flexibility index (Phi) is 4.66. The molecule has 1 aliphatic rings. The molecule has 0 nitrogen and oxygen atoms in total. The highest BCUT2D eigenvalue weighted by molar-refractivity contribution is 8.19. The van der Waals surface area contributed by atoms with Crippen LogP contribution in [0.25, 0.3) is 6.08 Å². The quantitative estimate of drug-likeness (QED) is 0.665. The molecular weight excluding hydrogens is 256 g/mol. The Hall–Kier alpha value is -0.560. The summed E-state index contributed by atoms with van der Waals surface area (Å²) in [4.78, 5) is 0. The van der Waals surface area contributed by atoms with E-state index in [2.05, 4.69) is 86.4 Å².